The van der Waals surface area contributed by atoms with Gasteiger partial charge in [-0.05, 0) is 25.5 Å². The Morgan fingerprint density at radius 2 is 2.24 bits per heavy atom. The highest BCUT2D eigenvalue weighted by atomic mass is 16.5. The van der Waals surface area contributed by atoms with Gasteiger partial charge in [-0.3, -0.25) is 4.79 Å². The molecule has 1 aromatic carbocycles. The zero-order valence-corrected chi connectivity index (χ0v) is 12.7. The van der Waals surface area contributed by atoms with Crippen LogP contribution < -0.4 is 5.32 Å². The zero-order chi connectivity index (χ0) is 15.2. The molecule has 2 N–H and O–H groups in total. The van der Waals surface area contributed by atoms with Crippen molar-refractivity contribution in [3.8, 4) is 0 Å². The highest BCUT2D eigenvalue weighted by Crippen LogP contribution is 2.21. The van der Waals surface area contributed by atoms with Gasteiger partial charge in [-0.2, -0.15) is 0 Å². The fourth-order valence-corrected chi connectivity index (χ4v) is 2.45. The van der Waals surface area contributed by atoms with E-state index in [1.807, 2.05) is 31.2 Å². The molecule has 1 aliphatic rings. The van der Waals surface area contributed by atoms with E-state index in [-0.39, 0.29) is 24.7 Å². The second-order valence-electron chi connectivity index (χ2n) is 5.42. The summed E-state index contributed by atoms with van der Waals surface area (Å²) in [6, 6.07) is 7.58. The maximum absolute atomic E-state index is 12.8. The molecule has 21 heavy (non-hydrogen) atoms. The zero-order valence-electron chi connectivity index (χ0n) is 12.7. The van der Waals surface area contributed by atoms with Crippen molar-refractivity contribution < 1.29 is 14.6 Å². The van der Waals surface area contributed by atoms with Crippen LogP contribution in [0.5, 0.6) is 0 Å². The molecule has 1 saturated heterocycles. The normalized spacial score (nSPS) is 22.1. The molecule has 2 rings (SSSR count). The van der Waals surface area contributed by atoms with Crippen molar-refractivity contribution >= 4 is 11.6 Å². The molecule has 0 spiro atoms. The smallest absolute Gasteiger partial charge is 0.256 e. The number of morpholine rings is 1. The number of benzene rings is 1. The van der Waals surface area contributed by atoms with Crippen LogP contribution in [0.1, 0.15) is 30.6 Å². The van der Waals surface area contributed by atoms with Gasteiger partial charge in [0, 0.05) is 18.8 Å². The van der Waals surface area contributed by atoms with Crippen molar-refractivity contribution in [2.45, 2.75) is 32.4 Å². The molecule has 0 aliphatic carbocycles. The predicted molar refractivity (Wildman–Crippen MR) is 82.5 cm³/mol. The van der Waals surface area contributed by atoms with Gasteiger partial charge >= 0.3 is 0 Å². The van der Waals surface area contributed by atoms with Gasteiger partial charge in [-0.1, -0.05) is 19.1 Å². The Labute approximate surface area is 125 Å². The van der Waals surface area contributed by atoms with Crippen molar-refractivity contribution in [2.24, 2.45) is 0 Å². The molecule has 1 amide bonds. The van der Waals surface area contributed by atoms with Crippen LogP contribution in [0, 0.1) is 0 Å². The summed E-state index contributed by atoms with van der Waals surface area (Å²) >= 11 is 0. The minimum Gasteiger partial charge on any atom is -0.394 e. The van der Waals surface area contributed by atoms with Crippen LogP contribution in [0.15, 0.2) is 24.3 Å². The SMILES string of the molecule is CCCNc1ccccc1C(=O)N1CC(CO)OCC1C. The molecule has 2 unspecified atom stereocenters. The Balaban J connectivity index is 2.18. The Hall–Kier alpha value is -1.59. The Morgan fingerprint density at radius 1 is 1.48 bits per heavy atom. The van der Waals surface area contributed by atoms with Crippen LogP contribution in [0.3, 0.4) is 0 Å². The predicted octanol–water partition coefficient (Wildman–Crippen LogP) is 1.73. The van der Waals surface area contributed by atoms with E-state index in [2.05, 4.69) is 12.2 Å². The first-order valence-corrected chi connectivity index (χ1v) is 7.53. The molecule has 5 heteroatoms. The summed E-state index contributed by atoms with van der Waals surface area (Å²) in [6.45, 7) is 5.72. The fraction of sp³-hybridized carbons (Fsp3) is 0.562. The third kappa shape index (κ3) is 3.74. The topological polar surface area (TPSA) is 61.8 Å². The number of carbonyl (C=O) groups is 1. The number of ether oxygens (including phenoxy) is 1. The lowest BCUT2D eigenvalue weighted by atomic mass is 10.1. The number of hydrogen-bond acceptors (Lipinski definition) is 4. The second kappa shape index (κ2) is 7.43. The van der Waals surface area contributed by atoms with E-state index in [1.165, 1.54) is 0 Å². The lowest BCUT2D eigenvalue weighted by molar-refractivity contribution is -0.0667. The number of rotatable bonds is 5. The highest BCUT2D eigenvalue weighted by Gasteiger charge is 2.30. The van der Waals surface area contributed by atoms with Crippen LogP contribution in [-0.4, -0.2) is 54.4 Å². The van der Waals surface area contributed by atoms with Gasteiger partial charge in [0.1, 0.15) is 0 Å². The van der Waals surface area contributed by atoms with Gasteiger partial charge in [0.25, 0.3) is 5.91 Å². The maximum atomic E-state index is 12.8. The van der Waals surface area contributed by atoms with E-state index >= 15 is 0 Å². The number of amides is 1. The molecule has 2 atom stereocenters. The number of anilines is 1. The average Bonchev–Trinajstić information content (AvgIpc) is 2.53. The number of aliphatic hydroxyl groups excluding tert-OH is 1. The Kier molecular flexibility index (Phi) is 5.59. The minimum atomic E-state index is -0.291. The lowest BCUT2D eigenvalue weighted by Crippen LogP contribution is -2.52. The van der Waals surface area contributed by atoms with Crippen molar-refractivity contribution in [1.82, 2.24) is 4.90 Å². The van der Waals surface area contributed by atoms with Gasteiger partial charge in [0.15, 0.2) is 0 Å². The largest absolute Gasteiger partial charge is 0.394 e. The van der Waals surface area contributed by atoms with E-state index in [4.69, 9.17) is 4.74 Å². The van der Waals surface area contributed by atoms with Crippen LogP contribution >= 0.6 is 0 Å². The molecule has 0 saturated carbocycles. The number of nitrogens with one attached hydrogen (secondary N) is 1. The number of hydrogen-bond donors (Lipinski definition) is 2. The van der Waals surface area contributed by atoms with E-state index in [1.54, 1.807) is 4.90 Å². The van der Waals surface area contributed by atoms with Crippen molar-refractivity contribution in [1.29, 1.82) is 0 Å². The Morgan fingerprint density at radius 3 is 2.95 bits per heavy atom. The third-order valence-corrected chi connectivity index (χ3v) is 3.69. The standard InChI is InChI=1S/C16H24N2O3/c1-3-8-17-15-7-5-4-6-14(15)16(20)18-9-13(10-19)21-11-12(18)2/h4-7,12-13,17,19H,3,8-11H2,1-2H3. The summed E-state index contributed by atoms with van der Waals surface area (Å²) in [6.07, 6.45) is 0.712. The average molecular weight is 292 g/mol. The highest BCUT2D eigenvalue weighted by molar-refractivity contribution is 5.99. The van der Waals surface area contributed by atoms with Gasteiger partial charge in [0.2, 0.25) is 0 Å². The maximum Gasteiger partial charge on any atom is 0.256 e. The van der Waals surface area contributed by atoms with E-state index < -0.39 is 0 Å². The number of aliphatic hydroxyl groups is 1. The van der Waals surface area contributed by atoms with E-state index in [0.29, 0.717) is 18.7 Å². The van der Waals surface area contributed by atoms with Crippen molar-refractivity contribution in [3.63, 3.8) is 0 Å². The van der Waals surface area contributed by atoms with Gasteiger partial charge in [-0.15, -0.1) is 0 Å². The first kappa shape index (κ1) is 15.8. The van der Waals surface area contributed by atoms with Gasteiger partial charge < -0.3 is 20.1 Å². The summed E-state index contributed by atoms with van der Waals surface area (Å²) in [5.74, 6) is -0.0107. The minimum absolute atomic E-state index is 0.0107. The van der Waals surface area contributed by atoms with Gasteiger partial charge in [0.05, 0.1) is 30.9 Å². The molecule has 1 aliphatic heterocycles. The van der Waals surface area contributed by atoms with Crippen LogP contribution in [0.2, 0.25) is 0 Å². The first-order valence-electron chi connectivity index (χ1n) is 7.53. The van der Waals surface area contributed by atoms with Gasteiger partial charge in [-0.25, -0.2) is 0 Å². The molecule has 5 nitrogen and oxygen atoms in total. The van der Waals surface area contributed by atoms with Crippen LogP contribution in [0.4, 0.5) is 5.69 Å². The fourth-order valence-electron chi connectivity index (χ4n) is 2.45. The molecular formula is C16H24N2O3. The molecule has 1 fully saturated rings. The van der Waals surface area contributed by atoms with Crippen LogP contribution in [-0.2, 0) is 4.74 Å². The van der Waals surface area contributed by atoms with Crippen molar-refractivity contribution in [3.05, 3.63) is 29.8 Å². The molecule has 0 aromatic heterocycles. The molecule has 1 heterocycles. The number of para-hydroxylation sites is 1. The van der Waals surface area contributed by atoms with Crippen molar-refractivity contribution in [2.75, 3.05) is 31.6 Å². The second-order valence-corrected chi connectivity index (χ2v) is 5.42. The summed E-state index contributed by atoms with van der Waals surface area (Å²) in [4.78, 5) is 14.6. The monoisotopic (exact) mass is 292 g/mol. The number of nitrogens with zero attached hydrogens (tertiary/aromatic N) is 1. The Bertz CT molecular complexity index is 478. The summed E-state index contributed by atoms with van der Waals surface area (Å²) < 4.78 is 5.49. The lowest BCUT2D eigenvalue weighted by Gasteiger charge is -2.37. The number of carbonyl (C=O) groups excluding carboxylic acids is 1. The molecule has 0 radical (unpaired) electrons. The third-order valence-electron chi connectivity index (χ3n) is 3.69. The summed E-state index contributed by atoms with van der Waals surface area (Å²) in [7, 11) is 0. The van der Waals surface area contributed by atoms with E-state index in [0.717, 1.165) is 18.7 Å². The molecular weight excluding hydrogens is 268 g/mol. The van der Waals surface area contributed by atoms with E-state index in [9.17, 15) is 9.90 Å². The quantitative estimate of drug-likeness (QED) is 0.867. The van der Waals surface area contributed by atoms with Crippen LogP contribution in [0.25, 0.3) is 0 Å². The molecule has 0 bridgehead atoms. The summed E-state index contributed by atoms with van der Waals surface area (Å²) in [5.41, 5.74) is 1.54. The molecule has 1 aromatic rings. The first-order chi connectivity index (χ1) is 10.2. The summed E-state index contributed by atoms with van der Waals surface area (Å²) in [5, 5.41) is 12.5. The molecule has 116 valence electrons.